The number of nitrogens with zero attached hydrogens (tertiary/aromatic N) is 5. The van der Waals surface area contributed by atoms with Crippen molar-refractivity contribution < 1.29 is 4.79 Å². The third-order valence-electron chi connectivity index (χ3n) is 4.02. The monoisotopic (exact) mass is 302 g/mol. The Balaban J connectivity index is 0.00000200. The van der Waals surface area contributed by atoms with E-state index >= 15 is 0 Å². The van der Waals surface area contributed by atoms with E-state index in [0.29, 0.717) is 12.4 Å². The number of carbonyl (C=O) groups excluding carboxylic acids is 1. The fourth-order valence-electron chi connectivity index (χ4n) is 2.70. The molecule has 2 unspecified atom stereocenters. The number of aromatic nitrogens is 4. The maximum atomic E-state index is 12.5. The molecule has 0 aliphatic heterocycles. The van der Waals surface area contributed by atoms with Gasteiger partial charge < -0.3 is 10.6 Å². The lowest BCUT2D eigenvalue weighted by atomic mass is 9.74. The summed E-state index contributed by atoms with van der Waals surface area (Å²) in [6, 6.07) is 0. The van der Waals surface area contributed by atoms with Gasteiger partial charge in [-0.3, -0.25) is 4.79 Å². The average Bonchev–Trinajstić information content (AvgIpc) is 2.73. The van der Waals surface area contributed by atoms with Crippen LogP contribution in [0.4, 0.5) is 0 Å². The van der Waals surface area contributed by atoms with Crippen LogP contribution in [-0.4, -0.2) is 43.6 Å². The van der Waals surface area contributed by atoms with Crippen LogP contribution in [0.1, 0.15) is 38.4 Å². The minimum Gasteiger partial charge on any atom is -0.338 e. The maximum Gasteiger partial charge on any atom is 0.227 e. The van der Waals surface area contributed by atoms with Crippen LogP contribution in [0.3, 0.4) is 0 Å². The van der Waals surface area contributed by atoms with Crippen LogP contribution in [-0.2, 0) is 18.4 Å². The van der Waals surface area contributed by atoms with Gasteiger partial charge in [0.2, 0.25) is 5.91 Å². The minimum atomic E-state index is -0.401. The maximum absolute atomic E-state index is 12.5. The lowest BCUT2D eigenvalue weighted by Gasteiger charge is -2.39. The lowest BCUT2D eigenvalue weighted by Crippen LogP contribution is -2.53. The van der Waals surface area contributed by atoms with Crippen LogP contribution in [0.5, 0.6) is 0 Å². The Hall–Kier alpha value is -1.21. The molecular weight excluding hydrogens is 280 g/mol. The third-order valence-corrected chi connectivity index (χ3v) is 4.02. The lowest BCUT2D eigenvalue weighted by molar-refractivity contribution is -0.138. The van der Waals surface area contributed by atoms with Crippen molar-refractivity contribution in [3.8, 4) is 0 Å². The standard InChI is InChI=1S/C12H22N6O.ClH/c1-12(13)7-5-4-6-9(12)11(19)17(2)8-10-14-15-16-18(10)3;/h9H,4-8,13H2,1-3H3;1H. The number of hydrogen-bond donors (Lipinski definition) is 1. The molecule has 1 amide bonds. The number of carbonyl (C=O) groups is 1. The number of nitrogens with two attached hydrogens (primary N) is 1. The number of tetrazole rings is 1. The highest BCUT2D eigenvalue weighted by molar-refractivity contribution is 5.85. The van der Waals surface area contributed by atoms with Crippen LogP contribution >= 0.6 is 12.4 Å². The second kappa shape index (κ2) is 6.49. The summed E-state index contributed by atoms with van der Waals surface area (Å²) in [5.74, 6) is 0.658. The van der Waals surface area contributed by atoms with Gasteiger partial charge in [0.1, 0.15) is 0 Å². The van der Waals surface area contributed by atoms with Gasteiger partial charge in [-0.05, 0) is 30.2 Å². The van der Waals surface area contributed by atoms with E-state index in [2.05, 4.69) is 15.5 Å². The second-order valence-corrected chi connectivity index (χ2v) is 5.72. The molecule has 114 valence electrons. The summed E-state index contributed by atoms with van der Waals surface area (Å²) >= 11 is 0. The Bertz CT molecular complexity index is 461. The highest BCUT2D eigenvalue weighted by atomic mass is 35.5. The fraction of sp³-hybridized carbons (Fsp3) is 0.833. The Morgan fingerprint density at radius 1 is 1.55 bits per heavy atom. The fourth-order valence-corrected chi connectivity index (χ4v) is 2.70. The van der Waals surface area contributed by atoms with Crippen molar-refractivity contribution in [2.45, 2.75) is 44.7 Å². The summed E-state index contributed by atoms with van der Waals surface area (Å²) in [4.78, 5) is 14.2. The first kappa shape index (κ1) is 16.8. The van der Waals surface area contributed by atoms with Gasteiger partial charge in [0, 0.05) is 19.6 Å². The van der Waals surface area contributed by atoms with Crippen LogP contribution in [0, 0.1) is 5.92 Å². The largest absolute Gasteiger partial charge is 0.338 e. The molecule has 2 atom stereocenters. The van der Waals surface area contributed by atoms with E-state index in [-0.39, 0.29) is 24.2 Å². The highest BCUT2D eigenvalue weighted by Gasteiger charge is 2.39. The van der Waals surface area contributed by atoms with Gasteiger partial charge in [-0.2, -0.15) is 0 Å². The molecule has 0 aromatic carbocycles. The van der Waals surface area contributed by atoms with Gasteiger partial charge in [-0.15, -0.1) is 17.5 Å². The van der Waals surface area contributed by atoms with Crippen LogP contribution in [0.2, 0.25) is 0 Å². The number of halogens is 1. The zero-order valence-corrected chi connectivity index (χ0v) is 13.1. The molecule has 2 N–H and O–H groups in total. The highest BCUT2D eigenvalue weighted by Crippen LogP contribution is 2.32. The van der Waals surface area contributed by atoms with E-state index in [9.17, 15) is 4.79 Å². The first-order chi connectivity index (χ1) is 8.92. The van der Waals surface area contributed by atoms with Crippen molar-refractivity contribution in [3.05, 3.63) is 5.82 Å². The normalized spacial score (nSPS) is 25.9. The molecule has 2 rings (SSSR count). The predicted octanol–water partition coefficient (Wildman–Crippen LogP) is 0.498. The molecule has 0 bridgehead atoms. The quantitative estimate of drug-likeness (QED) is 0.878. The zero-order valence-electron chi connectivity index (χ0n) is 12.2. The number of rotatable bonds is 3. The molecule has 1 heterocycles. The van der Waals surface area contributed by atoms with Gasteiger partial charge >= 0.3 is 0 Å². The summed E-state index contributed by atoms with van der Waals surface area (Å²) in [5.41, 5.74) is 5.87. The molecule has 1 aliphatic rings. The summed E-state index contributed by atoms with van der Waals surface area (Å²) in [7, 11) is 3.54. The average molecular weight is 303 g/mol. The molecule has 7 nitrogen and oxygen atoms in total. The Morgan fingerprint density at radius 2 is 2.25 bits per heavy atom. The molecular formula is C12H23ClN6O. The van der Waals surface area contributed by atoms with E-state index in [1.807, 2.05) is 6.92 Å². The predicted molar refractivity (Wildman–Crippen MR) is 77.1 cm³/mol. The smallest absolute Gasteiger partial charge is 0.227 e. The van der Waals surface area contributed by atoms with Gasteiger partial charge in [0.15, 0.2) is 5.82 Å². The molecule has 0 spiro atoms. The number of amides is 1. The minimum absolute atomic E-state index is 0. The van der Waals surface area contributed by atoms with Crippen molar-refractivity contribution in [2.75, 3.05) is 7.05 Å². The molecule has 1 aromatic heterocycles. The van der Waals surface area contributed by atoms with E-state index in [1.165, 1.54) is 0 Å². The summed E-state index contributed by atoms with van der Waals surface area (Å²) in [6.45, 7) is 2.39. The van der Waals surface area contributed by atoms with Crippen LogP contribution in [0.25, 0.3) is 0 Å². The van der Waals surface area contributed by atoms with Crippen molar-refractivity contribution >= 4 is 18.3 Å². The van der Waals surface area contributed by atoms with E-state index in [4.69, 9.17) is 5.73 Å². The van der Waals surface area contributed by atoms with Crippen molar-refractivity contribution in [2.24, 2.45) is 18.7 Å². The van der Waals surface area contributed by atoms with E-state index < -0.39 is 5.54 Å². The third kappa shape index (κ3) is 3.46. The Labute approximate surface area is 125 Å². The van der Waals surface area contributed by atoms with E-state index in [0.717, 1.165) is 25.7 Å². The zero-order chi connectivity index (χ0) is 14.0. The van der Waals surface area contributed by atoms with Crippen LogP contribution in [0.15, 0.2) is 0 Å². The van der Waals surface area contributed by atoms with Crippen LogP contribution < -0.4 is 5.73 Å². The molecule has 1 aliphatic carbocycles. The summed E-state index contributed by atoms with van der Waals surface area (Å²) < 4.78 is 1.58. The molecule has 1 saturated carbocycles. The second-order valence-electron chi connectivity index (χ2n) is 5.72. The number of aryl methyl sites for hydroxylation is 1. The van der Waals surface area contributed by atoms with Gasteiger partial charge in [0.05, 0.1) is 12.5 Å². The summed E-state index contributed by atoms with van der Waals surface area (Å²) in [6.07, 6.45) is 3.95. The van der Waals surface area contributed by atoms with Crippen molar-refractivity contribution in [1.29, 1.82) is 0 Å². The van der Waals surface area contributed by atoms with E-state index in [1.54, 1.807) is 23.7 Å². The Morgan fingerprint density at radius 3 is 2.80 bits per heavy atom. The molecule has 1 fully saturated rings. The van der Waals surface area contributed by atoms with Crippen molar-refractivity contribution in [1.82, 2.24) is 25.1 Å². The van der Waals surface area contributed by atoms with Gasteiger partial charge in [0.25, 0.3) is 0 Å². The first-order valence-corrected chi connectivity index (χ1v) is 6.67. The first-order valence-electron chi connectivity index (χ1n) is 6.67. The number of hydrogen-bond acceptors (Lipinski definition) is 5. The van der Waals surface area contributed by atoms with Gasteiger partial charge in [-0.1, -0.05) is 12.8 Å². The SMILES string of the molecule is CN(Cc1nnnn1C)C(=O)C1CCCCC1(C)N.Cl. The Kier molecular flexibility index (Phi) is 5.47. The topological polar surface area (TPSA) is 89.9 Å². The van der Waals surface area contributed by atoms with Gasteiger partial charge in [-0.25, -0.2) is 4.68 Å². The molecule has 0 saturated heterocycles. The summed E-state index contributed by atoms with van der Waals surface area (Å²) in [5, 5.41) is 11.2. The molecule has 8 heteroatoms. The molecule has 20 heavy (non-hydrogen) atoms. The molecule has 1 aromatic rings. The van der Waals surface area contributed by atoms with Crippen molar-refractivity contribution in [3.63, 3.8) is 0 Å². The molecule has 0 radical (unpaired) electrons.